The van der Waals surface area contributed by atoms with E-state index in [4.69, 9.17) is 16.3 Å². The van der Waals surface area contributed by atoms with Gasteiger partial charge in [-0.1, -0.05) is 23.7 Å². The fourth-order valence-electron chi connectivity index (χ4n) is 2.21. The van der Waals surface area contributed by atoms with Crippen LogP contribution in [0.2, 0.25) is 5.02 Å². The molecule has 0 aliphatic rings. The molecule has 0 radical (unpaired) electrons. The van der Waals surface area contributed by atoms with Gasteiger partial charge in [0.25, 0.3) is 0 Å². The molecule has 138 valence electrons. The predicted octanol–water partition coefficient (Wildman–Crippen LogP) is 3.96. The van der Waals surface area contributed by atoms with Gasteiger partial charge in [0, 0.05) is 0 Å². The molecule has 0 heterocycles. The van der Waals surface area contributed by atoms with Crippen LogP contribution in [0.3, 0.4) is 0 Å². The first-order valence-corrected chi connectivity index (χ1v) is 8.45. The first-order valence-electron chi connectivity index (χ1n) is 8.08. The Kier molecular flexibility index (Phi) is 6.86. The molecule has 0 unspecified atom stereocenters. The third-order valence-electron chi connectivity index (χ3n) is 3.35. The molecule has 2 aromatic rings. The second-order valence-corrected chi connectivity index (χ2v) is 6.16. The van der Waals surface area contributed by atoms with Gasteiger partial charge in [0.1, 0.15) is 5.75 Å². The molecule has 2 aromatic carbocycles. The second-order valence-electron chi connectivity index (χ2n) is 5.75. The maximum atomic E-state index is 12.2. The van der Waals surface area contributed by atoms with Gasteiger partial charge >= 0.3 is 5.97 Å². The van der Waals surface area contributed by atoms with Gasteiger partial charge in [-0.15, -0.1) is 0 Å². The summed E-state index contributed by atoms with van der Waals surface area (Å²) in [5.41, 5.74) is 1.36. The van der Waals surface area contributed by atoms with Crippen molar-refractivity contribution < 1.29 is 19.1 Å². The average Bonchev–Trinajstić information content (AvgIpc) is 2.61. The highest BCUT2D eigenvalue weighted by molar-refractivity contribution is 6.33. The highest BCUT2D eigenvalue weighted by atomic mass is 35.5. The summed E-state index contributed by atoms with van der Waals surface area (Å²) in [7, 11) is 1.29. The number of para-hydroxylation sites is 2. The lowest BCUT2D eigenvalue weighted by atomic mass is 10.2. The Bertz CT molecular complexity index is 793. The molecule has 26 heavy (non-hydrogen) atoms. The average molecular weight is 377 g/mol. The number of amides is 1. The van der Waals surface area contributed by atoms with E-state index in [0.717, 1.165) is 0 Å². The van der Waals surface area contributed by atoms with E-state index in [0.29, 0.717) is 27.7 Å². The molecule has 0 aromatic heterocycles. The number of hydrogen-bond donors (Lipinski definition) is 2. The van der Waals surface area contributed by atoms with Gasteiger partial charge in [-0.3, -0.25) is 4.79 Å². The number of benzene rings is 2. The van der Waals surface area contributed by atoms with E-state index in [9.17, 15) is 9.59 Å². The van der Waals surface area contributed by atoms with Gasteiger partial charge in [0.15, 0.2) is 0 Å². The lowest BCUT2D eigenvalue weighted by Crippen LogP contribution is -2.22. The van der Waals surface area contributed by atoms with Crippen LogP contribution in [-0.4, -0.2) is 31.6 Å². The van der Waals surface area contributed by atoms with Crippen LogP contribution in [0.4, 0.5) is 11.4 Å². The fourth-order valence-corrected chi connectivity index (χ4v) is 2.37. The van der Waals surface area contributed by atoms with Crippen LogP contribution in [0.1, 0.15) is 24.2 Å². The summed E-state index contributed by atoms with van der Waals surface area (Å²) in [6.45, 7) is 3.87. The number of esters is 1. The van der Waals surface area contributed by atoms with Gasteiger partial charge in [-0.2, -0.15) is 0 Å². The van der Waals surface area contributed by atoms with Crippen molar-refractivity contribution >= 4 is 34.9 Å². The van der Waals surface area contributed by atoms with Crippen molar-refractivity contribution in [2.24, 2.45) is 0 Å². The maximum absolute atomic E-state index is 12.2. The molecule has 6 nitrogen and oxygen atoms in total. The van der Waals surface area contributed by atoms with Crippen LogP contribution < -0.4 is 15.4 Å². The van der Waals surface area contributed by atoms with Crippen molar-refractivity contribution in [3.05, 3.63) is 53.1 Å². The number of carbonyl (C=O) groups excluding carboxylic acids is 2. The zero-order chi connectivity index (χ0) is 19.1. The number of nitrogens with one attached hydrogen (secondary N) is 2. The minimum absolute atomic E-state index is 0.0112. The third kappa shape index (κ3) is 5.39. The Morgan fingerprint density at radius 3 is 2.54 bits per heavy atom. The van der Waals surface area contributed by atoms with Gasteiger partial charge in [-0.05, 0) is 44.2 Å². The van der Waals surface area contributed by atoms with Gasteiger partial charge in [0.05, 0.1) is 41.7 Å². The Morgan fingerprint density at radius 2 is 1.85 bits per heavy atom. The minimum atomic E-state index is -0.505. The normalized spacial score (nSPS) is 10.3. The summed E-state index contributed by atoms with van der Waals surface area (Å²) in [5.74, 6) is -0.149. The smallest absolute Gasteiger partial charge is 0.337 e. The maximum Gasteiger partial charge on any atom is 0.337 e. The van der Waals surface area contributed by atoms with Gasteiger partial charge in [-0.25, -0.2) is 4.79 Å². The van der Waals surface area contributed by atoms with E-state index in [1.54, 1.807) is 0 Å². The van der Waals surface area contributed by atoms with Crippen LogP contribution in [0.15, 0.2) is 42.5 Å². The third-order valence-corrected chi connectivity index (χ3v) is 3.68. The van der Waals surface area contributed by atoms with E-state index in [1.807, 2.05) is 38.1 Å². The number of hydrogen-bond acceptors (Lipinski definition) is 5. The number of methoxy groups -OCH3 is 1. The SMILES string of the molecule is COC(=O)c1ccc(Cl)c(NC(=O)CNc2ccccc2OC(C)C)c1. The Labute approximate surface area is 157 Å². The molecule has 1 amide bonds. The molecule has 0 fully saturated rings. The van der Waals surface area contributed by atoms with E-state index in [-0.39, 0.29) is 18.6 Å². The van der Waals surface area contributed by atoms with Crippen molar-refractivity contribution in [2.75, 3.05) is 24.3 Å². The molecule has 0 aliphatic carbocycles. The fraction of sp³-hybridized carbons (Fsp3) is 0.263. The number of halogens is 1. The lowest BCUT2D eigenvalue weighted by molar-refractivity contribution is -0.114. The molecule has 0 spiro atoms. The van der Waals surface area contributed by atoms with Crippen molar-refractivity contribution in [1.29, 1.82) is 0 Å². The Hall–Kier alpha value is -2.73. The summed E-state index contributed by atoms with van der Waals surface area (Å²) in [4.78, 5) is 23.8. The van der Waals surface area contributed by atoms with Crippen molar-refractivity contribution in [1.82, 2.24) is 0 Å². The van der Waals surface area contributed by atoms with Gasteiger partial charge in [0.2, 0.25) is 5.91 Å². The quantitative estimate of drug-likeness (QED) is 0.715. The minimum Gasteiger partial charge on any atom is -0.489 e. The molecular formula is C19H21ClN2O4. The van der Waals surface area contributed by atoms with E-state index in [1.165, 1.54) is 25.3 Å². The van der Waals surface area contributed by atoms with Crippen molar-refractivity contribution in [3.8, 4) is 5.75 Å². The molecule has 7 heteroatoms. The van der Waals surface area contributed by atoms with Crippen LogP contribution in [0, 0.1) is 0 Å². The molecule has 0 saturated carbocycles. The van der Waals surface area contributed by atoms with E-state index < -0.39 is 5.97 Å². The monoisotopic (exact) mass is 376 g/mol. The molecule has 0 bridgehead atoms. The lowest BCUT2D eigenvalue weighted by Gasteiger charge is -2.15. The van der Waals surface area contributed by atoms with Gasteiger partial charge < -0.3 is 20.1 Å². The Morgan fingerprint density at radius 1 is 1.12 bits per heavy atom. The van der Waals surface area contributed by atoms with Crippen LogP contribution >= 0.6 is 11.6 Å². The second kappa shape index (κ2) is 9.10. The summed E-state index contributed by atoms with van der Waals surface area (Å²) >= 11 is 6.08. The molecular weight excluding hydrogens is 356 g/mol. The molecule has 0 saturated heterocycles. The summed E-state index contributed by atoms with van der Waals surface area (Å²) in [5, 5.41) is 6.04. The molecule has 2 rings (SSSR count). The largest absolute Gasteiger partial charge is 0.489 e. The Balaban J connectivity index is 2.03. The van der Waals surface area contributed by atoms with Crippen LogP contribution in [-0.2, 0) is 9.53 Å². The first kappa shape index (κ1) is 19.6. The molecule has 0 atom stereocenters. The number of carbonyl (C=O) groups is 2. The highest BCUT2D eigenvalue weighted by Crippen LogP contribution is 2.25. The van der Waals surface area contributed by atoms with Crippen molar-refractivity contribution in [2.45, 2.75) is 20.0 Å². The summed E-state index contributed by atoms with van der Waals surface area (Å²) < 4.78 is 10.4. The standard InChI is InChI=1S/C19H21ClN2O4/c1-12(2)26-17-7-5-4-6-15(17)21-11-18(23)22-16-10-13(19(24)25-3)8-9-14(16)20/h4-10,12,21H,11H2,1-3H3,(H,22,23). The van der Waals surface area contributed by atoms with E-state index in [2.05, 4.69) is 15.4 Å². The summed E-state index contributed by atoms with van der Waals surface area (Å²) in [6.07, 6.45) is 0.0200. The van der Waals surface area contributed by atoms with E-state index >= 15 is 0 Å². The predicted molar refractivity (Wildman–Crippen MR) is 102 cm³/mol. The highest BCUT2D eigenvalue weighted by Gasteiger charge is 2.12. The van der Waals surface area contributed by atoms with Crippen molar-refractivity contribution in [3.63, 3.8) is 0 Å². The number of rotatable bonds is 7. The number of ether oxygens (including phenoxy) is 2. The first-order chi connectivity index (χ1) is 12.4. The van der Waals surface area contributed by atoms with Crippen LogP contribution in [0.25, 0.3) is 0 Å². The topological polar surface area (TPSA) is 76.7 Å². The number of anilines is 2. The zero-order valence-corrected chi connectivity index (χ0v) is 15.6. The molecule has 0 aliphatic heterocycles. The molecule has 2 N–H and O–H groups in total. The zero-order valence-electron chi connectivity index (χ0n) is 14.8. The van der Waals surface area contributed by atoms with Crippen LogP contribution in [0.5, 0.6) is 5.75 Å². The summed E-state index contributed by atoms with van der Waals surface area (Å²) in [6, 6.07) is 11.9.